The van der Waals surface area contributed by atoms with E-state index in [-0.39, 0.29) is 23.0 Å². The molecule has 2 rings (SSSR count). The van der Waals surface area contributed by atoms with Gasteiger partial charge in [-0.3, -0.25) is 4.79 Å². The van der Waals surface area contributed by atoms with Gasteiger partial charge < -0.3 is 5.32 Å². The lowest BCUT2D eigenvalue weighted by molar-refractivity contribution is -0.116. The van der Waals surface area contributed by atoms with Crippen LogP contribution < -0.4 is 5.32 Å². The quantitative estimate of drug-likeness (QED) is 0.854. The molecule has 7 heteroatoms. The molecule has 0 bridgehead atoms. The van der Waals surface area contributed by atoms with E-state index in [1.807, 2.05) is 24.3 Å². The van der Waals surface area contributed by atoms with Crippen LogP contribution in [0.25, 0.3) is 0 Å². The Bertz CT molecular complexity index is 634. The summed E-state index contributed by atoms with van der Waals surface area (Å²) >= 11 is 1.75. The van der Waals surface area contributed by atoms with Crippen LogP contribution in [0.4, 0.5) is 5.69 Å². The van der Waals surface area contributed by atoms with Gasteiger partial charge in [0.15, 0.2) is 0 Å². The number of rotatable bonds is 4. The van der Waals surface area contributed by atoms with Crippen LogP contribution in [0.5, 0.6) is 0 Å². The monoisotopic (exact) mass is 342 g/mol. The SMILES string of the molecule is CC(C)(C)Sc1ccc(NC(=O)CN2CCCS2(=O)=O)cc1. The third-order valence-corrected chi connectivity index (χ3v) is 6.11. The average molecular weight is 342 g/mol. The molecule has 0 atom stereocenters. The van der Waals surface area contributed by atoms with Gasteiger partial charge in [-0.15, -0.1) is 11.8 Å². The van der Waals surface area contributed by atoms with Gasteiger partial charge in [-0.25, -0.2) is 8.42 Å². The fourth-order valence-electron chi connectivity index (χ4n) is 2.19. The number of thioether (sulfide) groups is 1. The number of nitrogens with one attached hydrogen (secondary N) is 1. The van der Waals surface area contributed by atoms with Gasteiger partial charge >= 0.3 is 0 Å². The fourth-order valence-corrected chi connectivity index (χ4v) is 4.64. The van der Waals surface area contributed by atoms with E-state index in [0.717, 1.165) is 4.90 Å². The fraction of sp³-hybridized carbons (Fsp3) is 0.533. The summed E-state index contributed by atoms with van der Waals surface area (Å²) in [4.78, 5) is 13.1. The Labute approximate surface area is 136 Å². The number of sulfonamides is 1. The lowest BCUT2D eigenvalue weighted by atomic mass is 10.3. The van der Waals surface area contributed by atoms with Crippen LogP contribution in [0.1, 0.15) is 27.2 Å². The van der Waals surface area contributed by atoms with E-state index in [9.17, 15) is 13.2 Å². The Balaban J connectivity index is 1.92. The van der Waals surface area contributed by atoms with Crippen LogP contribution >= 0.6 is 11.8 Å². The van der Waals surface area contributed by atoms with Crippen LogP contribution in [0.3, 0.4) is 0 Å². The van der Waals surface area contributed by atoms with Crippen LogP contribution in [-0.2, 0) is 14.8 Å². The number of amides is 1. The van der Waals surface area contributed by atoms with E-state index in [1.54, 1.807) is 11.8 Å². The summed E-state index contributed by atoms with van der Waals surface area (Å²) in [6.07, 6.45) is 0.592. The van der Waals surface area contributed by atoms with Crippen molar-refractivity contribution in [1.29, 1.82) is 0 Å². The molecule has 1 fully saturated rings. The molecule has 1 amide bonds. The second-order valence-electron chi connectivity index (χ2n) is 6.29. The maximum atomic E-state index is 11.9. The minimum atomic E-state index is -3.23. The van der Waals surface area contributed by atoms with Gasteiger partial charge in [0.1, 0.15) is 0 Å². The van der Waals surface area contributed by atoms with E-state index in [0.29, 0.717) is 18.7 Å². The first-order valence-corrected chi connectivity index (χ1v) is 9.65. The molecule has 1 N–H and O–H groups in total. The lowest BCUT2D eigenvalue weighted by Gasteiger charge is -2.18. The Morgan fingerprint density at radius 3 is 2.41 bits per heavy atom. The minimum Gasteiger partial charge on any atom is -0.325 e. The average Bonchev–Trinajstić information content (AvgIpc) is 2.69. The molecule has 122 valence electrons. The second-order valence-corrected chi connectivity index (χ2v) is 10.3. The van der Waals surface area contributed by atoms with Crippen molar-refractivity contribution >= 4 is 33.4 Å². The van der Waals surface area contributed by atoms with E-state index in [4.69, 9.17) is 0 Å². The normalized spacial score (nSPS) is 18.3. The summed E-state index contributed by atoms with van der Waals surface area (Å²) in [5.41, 5.74) is 0.680. The number of hydrogen-bond donors (Lipinski definition) is 1. The minimum absolute atomic E-state index is 0.110. The molecule has 0 aliphatic carbocycles. The van der Waals surface area contributed by atoms with Gasteiger partial charge in [0.05, 0.1) is 12.3 Å². The highest BCUT2D eigenvalue weighted by Gasteiger charge is 2.29. The molecule has 1 aliphatic heterocycles. The maximum absolute atomic E-state index is 11.9. The van der Waals surface area contributed by atoms with Crippen molar-refractivity contribution in [2.24, 2.45) is 0 Å². The smallest absolute Gasteiger partial charge is 0.239 e. The highest BCUT2D eigenvalue weighted by Crippen LogP contribution is 2.32. The van der Waals surface area contributed by atoms with E-state index >= 15 is 0 Å². The molecule has 1 aromatic carbocycles. The first-order valence-electron chi connectivity index (χ1n) is 7.22. The summed E-state index contributed by atoms with van der Waals surface area (Å²) in [7, 11) is -3.23. The van der Waals surface area contributed by atoms with Crippen molar-refractivity contribution in [1.82, 2.24) is 4.31 Å². The number of benzene rings is 1. The third-order valence-electron chi connectivity index (χ3n) is 3.09. The zero-order valence-electron chi connectivity index (χ0n) is 13.1. The van der Waals surface area contributed by atoms with Crippen molar-refractivity contribution in [3.05, 3.63) is 24.3 Å². The van der Waals surface area contributed by atoms with Gasteiger partial charge in [0, 0.05) is 21.9 Å². The van der Waals surface area contributed by atoms with E-state index in [1.165, 1.54) is 4.31 Å². The maximum Gasteiger partial charge on any atom is 0.239 e. The highest BCUT2D eigenvalue weighted by atomic mass is 32.2. The molecule has 0 spiro atoms. The van der Waals surface area contributed by atoms with E-state index < -0.39 is 10.0 Å². The number of hydrogen-bond acceptors (Lipinski definition) is 4. The Kier molecular flexibility index (Phi) is 5.19. The number of carbonyl (C=O) groups is 1. The molecule has 5 nitrogen and oxygen atoms in total. The second kappa shape index (κ2) is 6.60. The predicted molar refractivity (Wildman–Crippen MR) is 90.7 cm³/mol. The molecule has 1 heterocycles. The first kappa shape index (κ1) is 17.3. The molecular formula is C15H22N2O3S2. The summed E-state index contributed by atoms with van der Waals surface area (Å²) < 4.78 is 24.7. The molecule has 22 heavy (non-hydrogen) atoms. The van der Waals surface area contributed by atoms with Crippen LogP contribution in [0.15, 0.2) is 29.2 Å². The van der Waals surface area contributed by atoms with Crippen molar-refractivity contribution in [2.45, 2.75) is 36.8 Å². The molecule has 1 aliphatic rings. The zero-order valence-corrected chi connectivity index (χ0v) is 14.8. The van der Waals surface area contributed by atoms with Crippen LogP contribution in [-0.4, -0.2) is 42.2 Å². The highest BCUT2D eigenvalue weighted by molar-refractivity contribution is 8.00. The Morgan fingerprint density at radius 1 is 1.27 bits per heavy atom. The molecular weight excluding hydrogens is 320 g/mol. The van der Waals surface area contributed by atoms with Crippen molar-refractivity contribution in [3.8, 4) is 0 Å². The molecule has 0 aromatic heterocycles. The summed E-state index contributed by atoms with van der Waals surface area (Å²) in [6.45, 7) is 6.75. The number of carbonyl (C=O) groups excluding carboxylic acids is 1. The van der Waals surface area contributed by atoms with Crippen molar-refractivity contribution in [2.75, 3.05) is 24.2 Å². The first-order chi connectivity index (χ1) is 10.2. The van der Waals surface area contributed by atoms with Crippen molar-refractivity contribution < 1.29 is 13.2 Å². The number of nitrogens with zero attached hydrogens (tertiary/aromatic N) is 1. The van der Waals surface area contributed by atoms with Gasteiger partial charge in [-0.05, 0) is 30.7 Å². The van der Waals surface area contributed by atoms with Gasteiger partial charge in [0.2, 0.25) is 15.9 Å². The Hall–Kier alpha value is -1.05. The zero-order chi connectivity index (χ0) is 16.4. The van der Waals surface area contributed by atoms with Crippen molar-refractivity contribution in [3.63, 3.8) is 0 Å². The molecule has 1 aromatic rings. The standard InChI is InChI=1S/C15H22N2O3S2/c1-15(2,3)21-13-7-5-12(6-8-13)16-14(18)11-17-9-4-10-22(17,19)20/h5-8H,4,9-11H2,1-3H3,(H,16,18). The molecule has 1 saturated heterocycles. The topological polar surface area (TPSA) is 66.5 Å². The number of anilines is 1. The van der Waals surface area contributed by atoms with Gasteiger partial charge in [-0.1, -0.05) is 20.8 Å². The molecule has 0 saturated carbocycles. The van der Waals surface area contributed by atoms with Crippen LogP contribution in [0, 0.1) is 0 Å². The summed E-state index contributed by atoms with van der Waals surface area (Å²) in [5, 5.41) is 2.74. The summed E-state index contributed by atoms with van der Waals surface area (Å²) in [5.74, 6) is -0.166. The largest absolute Gasteiger partial charge is 0.325 e. The third kappa shape index (κ3) is 5.00. The van der Waals surface area contributed by atoms with Gasteiger partial charge in [-0.2, -0.15) is 4.31 Å². The van der Waals surface area contributed by atoms with E-state index in [2.05, 4.69) is 26.1 Å². The Morgan fingerprint density at radius 2 is 1.91 bits per heavy atom. The molecule has 0 radical (unpaired) electrons. The summed E-state index contributed by atoms with van der Waals surface area (Å²) in [6, 6.07) is 7.59. The van der Waals surface area contributed by atoms with Crippen LogP contribution in [0.2, 0.25) is 0 Å². The van der Waals surface area contributed by atoms with Gasteiger partial charge in [0.25, 0.3) is 0 Å². The molecule has 0 unspecified atom stereocenters. The predicted octanol–water partition coefficient (Wildman–Crippen LogP) is 2.55. The lowest BCUT2D eigenvalue weighted by Crippen LogP contribution is -2.34.